The molecule has 3 aromatic heterocycles. The van der Waals surface area contributed by atoms with Gasteiger partial charge in [-0.15, -0.1) is 0 Å². The predicted molar refractivity (Wildman–Crippen MR) is 172 cm³/mol. The van der Waals surface area contributed by atoms with Crippen molar-refractivity contribution in [1.29, 1.82) is 0 Å². The van der Waals surface area contributed by atoms with Gasteiger partial charge in [-0.2, -0.15) is 5.10 Å². The number of carbonyl (C=O) groups is 2. The second kappa shape index (κ2) is 13.7. The van der Waals surface area contributed by atoms with Crippen LogP contribution in [0.1, 0.15) is 119 Å². The van der Waals surface area contributed by atoms with E-state index in [4.69, 9.17) is 19.4 Å². The van der Waals surface area contributed by atoms with Gasteiger partial charge in [0.2, 0.25) is 5.91 Å². The summed E-state index contributed by atoms with van der Waals surface area (Å²) in [4.78, 5) is 37.5. The zero-order chi connectivity index (χ0) is 31.4. The minimum atomic E-state index is -1.14. The molecule has 6 rings (SSSR count). The lowest BCUT2D eigenvalue weighted by molar-refractivity contribution is -0.164. The van der Waals surface area contributed by atoms with Crippen LogP contribution < -0.4 is 10.1 Å². The van der Waals surface area contributed by atoms with Crippen molar-refractivity contribution < 1.29 is 19.1 Å². The van der Waals surface area contributed by atoms with Crippen molar-refractivity contribution >= 4 is 11.9 Å². The molecule has 1 unspecified atom stereocenters. The summed E-state index contributed by atoms with van der Waals surface area (Å²) in [7, 11) is 1.67. The number of esters is 1. The van der Waals surface area contributed by atoms with Gasteiger partial charge in [-0.05, 0) is 100 Å². The maximum absolute atomic E-state index is 14.3. The second-order valence-corrected chi connectivity index (χ2v) is 13.3. The number of aromatic nitrogens is 4. The Hall–Kier alpha value is -3.75. The van der Waals surface area contributed by atoms with E-state index in [1.807, 2.05) is 38.4 Å². The van der Waals surface area contributed by atoms with E-state index in [2.05, 4.69) is 33.4 Å². The summed E-state index contributed by atoms with van der Waals surface area (Å²) >= 11 is 0. The molecular formula is C36H47N5O4. The van der Waals surface area contributed by atoms with E-state index in [9.17, 15) is 9.59 Å². The molecule has 0 aromatic carbocycles. The van der Waals surface area contributed by atoms with Crippen molar-refractivity contribution in [3.63, 3.8) is 0 Å². The quantitative estimate of drug-likeness (QED) is 0.183. The van der Waals surface area contributed by atoms with Crippen LogP contribution >= 0.6 is 0 Å². The fraction of sp³-hybridized carbons (Fsp3) is 0.583. The van der Waals surface area contributed by atoms with Crippen molar-refractivity contribution in [3.8, 4) is 16.9 Å². The molecule has 3 saturated carbocycles. The molecule has 9 nitrogen and oxygen atoms in total. The first kappa shape index (κ1) is 31.2. The molecule has 0 spiro atoms. The SMILES string of the molecule is CCCOC(=O)C1(C(=O)NC(c2cc(-c3cnn(C4CC4)c3)ccn2)C2CCC(c3ccc(OC)c(C)n3)CC2)CCCCC1. The second-order valence-electron chi connectivity index (χ2n) is 13.3. The third kappa shape index (κ3) is 6.77. The van der Waals surface area contributed by atoms with Crippen molar-refractivity contribution in [2.75, 3.05) is 13.7 Å². The van der Waals surface area contributed by atoms with Crippen LogP contribution in [0.2, 0.25) is 0 Å². The van der Waals surface area contributed by atoms with Crippen LogP contribution in [0.3, 0.4) is 0 Å². The van der Waals surface area contributed by atoms with E-state index in [-0.39, 0.29) is 23.8 Å². The van der Waals surface area contributed by atoms with E-state index < -0.39 is 5.41 Å². The van der Waals surface area contributed by atoms with Gasteiger partial charge in [-0.25, -0.2) is 0 Å². The molecule has 1 amide bonds. The lowest BCUT2D eigenvalue weighted by atomic mass is 9.72. The number of pyridine rings is 2. The summed E-state index contributed by atoms with van der Waals surface area (Å²) in [5, 5.41) is 8.00. The van der Waals surface area contributed by atoms with Crippen molar-refractivity contribution in [1.82, 2.24) is 25.1 Å². The number of aryl methyl sites for hydroxylation is 1. The fourth-order valence-electron chi connectivity index (χ4n) is 7.31. The first-order chi connectivity index (χ1) is 21.9. The molecule has 1 N–H and O–H groups in total. The van der Waals surface area contributed by atoms with Gasteiger partial charge in [0.1, 0.15) is 11.2 Å². The average Bonchev–Trinajstić information content (AvgIpc) is 3.82. The highest BCUT2D eigenvalue weighted by molar-refractivity contribution is 6.03. The summed E-state index contributed by atoms with van der Waals surface area (Å²) in [6.45, 7) is 4.29. The van der Waals surface area contributed by atoms with Gasteiger partial charge in [-0.1, -0.05) is 26.2 Å². The number of ether oxygens (including phenoxy) is 2. The molecule has 3 fully saturated rings. The standard InChI is InChI=1S/C36H47N5O4/c1-4-20-45-35(43)36(17-6-5-7-18-36)34(42)40-33(26-10-8-25(9-11-26)30-14-15-32(44-3)24(2)39-30)31-21-27(16-19-37-31)28-22-38-41(23-28)29-12-13-29/h14-16,19,21-23,25-26,29,33H,4-13,17-18,20H2,1-3H3,(H,40,42). The largest absolute Gasteiger partial charge is 0.495 e. The number of nitrogens with one attached hydrogen (secondary N) is 1. The lowest BCUT2D eigenvalue weighted by Crippen LogP contribution is -2.50. The monoisotopic (exact) mass is 613 g/mol. The van der Waals surface area contributed by atoms with Gasteiger partial charge in [0, 0.05) is 29.6 Å². The van der Waals surface area contributed by atoms with Gasteiger partial charge in [0.25, 0.3) is 0 Å². The molecule has 0 saturated heterocycles. The summed E-state index contributed by atoms with van der Waals surface area (Å²) in [5.41, 5.74) is 3.77. The Morgan fingerprint density at radius 2 is 1.82 bits per heavy atom. The zero-order valence-corrected chi connectivity index (χ0v) is 27.0. The van der Waals surface area contributed by atoms with Crippen LogP contribution in [0.25, 0.3) is 11.1 Å². The Morgan fingerprint density at radius 3 is 2.51 bits per heavy atom. The number of hydrogen-bond donors (Lipinski definition) is 1. The lowest BCUT2D eigenvalue weighted by Gasteiger charge is -2.38. The maximum atomic E-state index is 14.3. The van der Waals surface area contributed by atoms with Crippen LogP contribution in [0, 0.1) is 18.3 Å². The van der Waals surface area contributed by atoms with Gasteiger partial charge in [-0.3, -0.25) is 24.2 Å². The van der Waals surface area contributed by atoms with Crippen LogP contribution in [0.4, 0.5) is 0 Å². The van der Waals surface area contributed by atoms with Gasteiger partial charge >= 0.3 is 5.97 Å². The summed E-state index contributed by atoms with van der Waals surface area (Å²) in [6, 6.07) is 8.39. The Labute approximate surface area is 266 Å². The minimum absolute atomic E-state index is 0.175. The number of nitrogens with zero attached hydrogens (tertiary/aromatic N) is 4. The average molecular weight is 614 g/mol. The number of rotatable bonds is 11. The highest BCUT2D eigenvalue weighted by atomic mass is 16.5. The molecule has 9 heteroatoms. The van der Waals surface area contributed by atoms with E-state index in [0.717, 1.165) is 85.3 Å². The molecule has 0 bridgehead atoms. The summed E-state index contributed by atoms with van der Waals surface area (Å²) in [6.07, 6.45) is 16.5. The molecule has 0 aliphatic heterocycles. The zero-order valence-electron chi connectivity index (χ0n) is 27.0. The topological polar surface area (TPSA) is 108 Å². The Balaban J connectivity index is 1.27. The van der Waals surface area contributed by atoms with Crippen LogP contribution in [-0.2, 0) is 14.3 Å². The Morgan fingerprint density at radius 1 is 1.04 bits per heavy atom. The first-order valence-electron chi connectivity index (χ1n) is 16.9. The fourth-order valence-corrected chi connectivity index (χ4v) is 7.31. The summed E-state index contributed by atoms with van der Waals surface area (Å²) in [5.74, 6) is 0.742. The molecular weight excluding hydrogens is 566 g/mol. The van der Waals surface area contributed by atoms with E-state index in [1.54, 1.807) is 7.11 Å². The number of methoxy groups -OCH3 is 1. The molecule has 3 aromatic rings. The maximum Gasteiger partial charge on any atom is 0.321 e. The van der Waals surface area contributed by atoms with Crippen LogP contribution in [-0.4, -0.2) is 45.3 Å². The van der Waals surface area contributed by atoms with E-state index in [1.165, 1.54) is 12.8 Å². The number of carbonyl (C=O) groups excluding carboxylic acids is 2. The summed E-state index contributed by atoms with van der Waals surface area (Å²) < 4.78 is 13.1. The molecule has 240 valence electrons. The number of hydrogen-bond acceptors (Lipinski definition) is 7. The first-order valence-corrected chi connectivity index (χ1v) is 16.9. The third-order valence-electron chi connectivity index (χ3n) is 10.2. The van der Waals surface area contributed by atoms with Gasteiger partial charge in [0.15, 0.2) is 0 Å². The Kier molecular flexibility index (Phi) is 9.52. The highest BCUT2D eigenvalue weighted by Gasteiger charge is 2.49. The van der Waals surface area contributed by atoms with E-state index in [0.29, 0.717) is 31.4 Å². The van der Waals surface area contributed by atoms with Gasteiger partial charge in [0.05, 0.1) is 43.4 Å². The van der Waals surface area contributed by atoms with Crippen LogP contribution in [0.5, 0.6) is 5.75 Å². The smallest absolute Gasteiger partial charge is 0.321 e. The molecule has 3 aliphatic carbocycles. The van der Waals surface area contributed by atoms with Crippen molar-refractivity contribution in [3.05, 3.63) is 59.9 Å². The molecule has 3 aliphatic rings. The number of amides is 1. The molecule has 45 heavy (non-hydrogen) atoms. The van der Waals surface area contributed by atoms with Crippen molar-refractivity contribution in [2.45, 2.75) is 109 Å². The molecule has 1 atom stereocenters. The van der Waals surface area contributed by atoms with Gasteiger partial charge < -0.3 is 14.8 Å². The predicted octanol–water partition coefficient (Wildman–Crippen LogP) is 7.03. The Bertz CT molecular complexity index is 1480. The minimum Gasteiger partial charge on any atom is -0.495 e. The van der Waals surface area contributed by atoms with Crippen LogP contribution in [0.15, 0.2) is 42.9 Å². The third-order valence-corrected chi connectivity index (χ3v) is 10.2. The molecule has 0 radical (unpaired) electrons. The van der Waals surface area contributed by atoms with Crippen molar-refractivity contribution in [2.24, 2.45) is 11.3 Å². The highest BCUT2D eigenvalue weighted by Crippen LogP contribution is 2.44. The molecule has 3 heterocycles. The normalized spacial score (nSPS) is 21.9. The van der Waals surface area contributed by atoms with E-state index >= 15 is 0 Å².